The maximum Gasteiger partial charge on any atom is 0.254 e. The fourth-order valence-corrected chi connectivity index (χ4v) is 2.41. The molecule has 0 spiro atoms. The van der Waals surface area contributed by atoms with Gasteiger partial charge in [-0.15, -0.1) is 0 Å². The molecular formula is C16H20ClN3O2. The van der Waals surface area contributed by atoms with Gasteiger partial charge in [0.15, 0.2) is 0 Å². The minimum atomic E-state index is -0.430. The zero-order chi connectivity index (χ0) is 16.1. The van der Waals surface area contributed by atoms with Crippen LogP contribution in [0, 0.1) is 0 Å². The molecule has 1 aromatic carbocycles. The SMILES string of the molecule is CCc1c(C(=O)NCCC(C)O)cnn1-c1cccc(Cl)c1. The smallest absolute Gasteiger partial charge is 0.254 e. The Morgan fingerprint density at radius 1 is 1.50 bits per heavy atom. The van der Waals surface area contributed by atoms with Crippen LogP contribution in [-0.4, -0.2) is 33.4 Å². The van der Waals surface area contributed by atoms with Gasteiger partial charge in [-0.05, 0) is 38.0 Å². The van der Waals surface area contributed by atoms with Gasteiger partial charge in [0, 0.05) is 11.6 Å². The van der Waals surface area contributed by atoms with Crippen LogP contribution in [0.3, 0.4) is 0 Å². The molecule has 118 valence electrons. The lowest BCUT2D eigenvalue weighted by Gasteiger charge is -2.09. The van der Waals surface area contributed by atoms with E-state index in [1.54, 1.807) is 23.9 Å². The van der Waals surface area contributed by atoms with Crippen molar-refractivity contribution in [3.63, 3.8) is 0 Å². The first-order valence-electron chi connectivity index (χ1n) is 7.32. The molecule has 1 amide bonds. The Bertz CT molecular complexity index is 653. The van der Waals surface area contributed by atoms with Gasteiger partial charge in [-0.3, -0.25) is 4.79 Å². The molecule has 2 aromatic rings. The normalized spacial score (nSPS) is 12.2. The Hall–Kier alpha value is -1.85. The van der Waals surface area contributed by atoms with Crippen molar-refractivity contribution in [2.75, 3.05) is 6.54 Å². The highest BCUT2D eigenvalue weighted by atomic mass is 35.5. The number of carbonyl (C=O) groups excluding carboxylic acids is 1. The number of aromatic nitrogens is 2. The first-order valence-corrected chi connectivity index (χ1v) is 7.69. The van der Waals surface area contributed by atoms with Gasteiger partial charge in [-0.2, -0.15) is 5.10 Å². The minimum absolute atomic E-state index is 0.175. The van der Waals surface area contributed by atoms with E-state index >= 15 is 0 Å². The van der Waals surface area contributed by atoms with Crippen LogP contribution in [0.4, 0.5) is 0 Å². The van der Waals surface area contributed by atoms with E-state index in [4.69, 9.17) is 11.6 Å². The molecule has 22 heavy (non-hydrogen) atoms. The summed E-state index contributed by atoms with van der Waals surface area (Å²) in [5.74, 6) is -0.175. The van der Waals surface area contributed by atoms with Crippen molar-refractivity contribution < 1.29 is 9.90 Å². The fraction of sp³-hybridized carbons (Fsp3) is 0.375. The summed E-state index contributed by atoms with van der Waals surface area (Å²) in [5, 5.41) is 17.0. The summed E-state index contributed by atoms with van der Waals surface area (Å²) in [6.07, 6.45) is 2.33. The summed E-state index contributed by atoms with van der Waals surface area (Å²) in [6.45, 7) is 4.10. The quantitative estimate of drug-likeness (QED) is 0.859. The van der Waals surface area contributed by atoms with E-state index in [0.717, 1.165) is 11.4 Å². The van der Waals surface area contributed by atoms with Crippen LogP contribution in [0.15, 0.2) is 30.5 Å². The summed E-state index contributed by atoms with van der Waals surface area (Å²) in [5.41, 5.74) is 2.21. The second-order valence-electron chi connectivity index (χ2n) is 5.14. The molecule has 0 fully saturated rings. The molecule has 0 aliphatic heterocycles. The van der Waals surface area contributed by atoms with Crippen molar-refractivity contribution in [1.29, 1.82) is 0 Å². The molecule has 5 nitrogen and oxygen atoms in total. The van der Waals surface area contributed by atoms with Gasteiger partial charge in [0.25, 0.3) is 5.91 Å². The third kappa shape index (κ3) is 3.87. The Morgan fingerprint density at radius 2 is 2.27 bits per heavy atom. The molecular weight excluding hydrogens is 302 g/mol. The number of amides is 1. The number of aliphatic hydroxyl groups is 1. The van der Waals surface area contributed by atoms with E-state index in [9.17, 15) is 9.90 Å². The van der Waals surface area contributed by atoms with Crippen LogP contribution in [-0.2, 0) is 6.42 Å². The van der Waals surface area contributed by atoms with Crippen LogP contribution in [0.2, 0.25) is 5.02 Å². The number of nitrogens with zero attached hydrogens (tertiary/aromatic N) is 2. The average molecular weight is 322 g/mol. The second-order valence-corrected chi connectivity index (χ2v) is 5.58. The molecule has 0 bridgehead atoms. The fourth-order valence-electron chi connectivity index (χ4n) is 2.22. The first-order chi connectivity index (χ1) is 10.5. The van der Waals surface area contributed by atoms with E-state index in [1.165, 1.54) is 0 Å². The maximum absolute atomic E-state index is 12.2. The average Bonchev–Trinajstić information content (AvgIpc) is 2.90. The topological polar surface area (TPSA) is 67.2 Å². The zero-order valence-electron chi connectivity index (χ0n) is 12.7. The number of benzene rings is 1. The third-order valence-electron chi connectivity index (χ3n) is 3.35. The largest absolute Gasteiger partial charge is 0.393 e. The predicted molar refractivity (Wildman–Crippen MR) is 86.6 cm³/mol. The maximum atomic E-state index is 12.2. The molecule has 6 heteroatoms. The van der Waals surface area contributed by atoms with Gasteiger partial charge in [0.1, 0.15) is 0 Å². The van der Waals surface area contributed by atoms with Crippen molar-refractivity contribution in [2.24, 2.45) is 0 Å². The van der Waals surface area contributed by atoms with Crippen LogP contribution < -0.4 is 5.32 Å². The molecule has 1 heterocycles. The van der Waals surface area contributed by atoms with E-state index in [-0.39, 0.29) is 5.91 Å². The van der Waals surface area contributed by atoms with Gasteiger partial charge < -0.3 is 10.4 Å². The number of halogens is 1. The number of hydrogen-bond acceptors (Lipinski definition) is 3. The lowest BCUT2D eigenvalue weighted by Crippen LogP contribution is -2.27. The molecule has 1 unspecified atom stereocenters. The highest BCUT2D eigenvalue weighted by molar-refractivity contribution is 6.30. The third-order valence-corrected chi connectivity index (χ3v) is 3.58. The van der Waals surface area contributed by atoms with Gasteiger partial charge >= 0.3 is 0 Å². The predicted octanol–water partition coefficient (Wildman–Crippen LogP) is 2.59. The zero-order valence-corrected chi connectivity index (χ0v) is 13.5. The van der Waals surface area contributed by atoms with Crippen LogP contribution >= 0.6 is 11.6 Å². The molecule has 0 aliphatic rings. The number of aliphatic hydroxyl groups excluding tert-OH is 1. The van der Waals surface area contributed by atoms with Crippen molar-refractivity contribution in [1.82, 2.24) is 15.1 Å². The Morgan fingerprint density at radius 3 is 2.91 bits per heavy atom. The van der Waals surface area contributed by atoms with Crippen molar-refractivity contribution in [3.05, 3.63) is 46.7 Å². The van der Waals surface area contributed by atoms with Crippen molar-refractivity contribution in [3.8, 4) is 5.69 Å². The molecule has 1 atom stereocenters. The molecule has 2 rings (SSSR count). The lowest BCUT2D eigenvalue weighted by atomic mass is 10.2. The minimum Gasteiger partial charge on any atom is -0.393 e. The first kappa shape index (κ1) is 16.5. The second kappa shape index (κ2) is 7.42. The van der Waals surface area contributed by atoms with Crippen molar-refractivity contribution in [2.45, 2.75) is 32.8 Å². The highest BCUT2D eigenvalue weighted by Crippen LogP contribution is 2.19. The Labute approximate surface area is 134 Å². The van der Waals surface area contributed by atoms with E-state index in [2.05, 4.69) is 10.4 Å². The molecule has 0 radical (unpaired) electrons. The Kier molecular flexibility index (Phi) is 5.57. The highest BCUT2D eigenvalue weighted by Gasteiger charge is 2.17. The van der Waals surface area contributed by atoms with E-state index in [0.29, 0.717) is 30.0 Å². The standard InChI is InChI=1S/C16H20ClN3O2/c1-3-15-14(16(22)18-8-7-11(2)21)10-19-20(15)13-6-4-5-12(17)9-13/h4-6,9-11,21H,3,7-8H2,1-2H3,(H,18,22). The Balaban J connectivity index is 2.22. The summed E-state index contributed by atoms with van der Waals surface area (Å²) in [4.78, 5) is 12.2. The number of nitrogens with one attached hydrogen (secondary N) is 1. The number of carbonyl (C=O) groups is 1. The summed E-state index contributed by atoms with van der Waals surface area (Å²) in [6, 6.07) is 7.35. The van der Waals surface area contributed by atoms with Crippen LogP contribution in [0.25, 0.3) is 5.69 Å². The molecule has 0 saturated carbocycles. The van der Waals surface area contributed by atoms with Gasteiger partial charge in [0.05, 0.1) is 29.2 Å². The molecule has 2 N–H and O–H groups in total. The summed E-state index contributed by atoms with van der Waals surface area (Å²) >= 11 is 6.01. The lowest BCUT2D eigenvalue weighted by molar-refractivity contribution is 0.0944. The molecule has 1 aromatic heterocycles. The van der Waals surface area contributed by atoms with E-state index in [1.807, 2.05) is 25.1 Å². The van der Waals surface area contributed by atoms with Gasteiger partial charge in [-0.25, -0.2) is 4.68 Å². The number of rotatable bonds is 6. The monoisotopic (exact) mass is 321 g/mol. The molecule has 0 saturated heterocycles. The van der Waals surface area contributed by atoms with Gasteiger partial charge in [-0.1, -0.05) is 24.6 Å². The van der Waals surface area contributed by atoms with Gasteiger partial charge in [0.2, 0.25) is 0 Å². The van der Waals surface area contributed by atoms with Crippen molar-refractivity contribution >= 4 is 17.5 Å². The molecule has 0 aliphatic carbocycles. The summed E-state index contributed by atoms with van der Waals surface area (Å²) in [7, 11) is 0. The van der Waals surface area contributed by atoms with Crippen LogP contribution in [0.5, 0.6) is 0 Å². The number of hydrogen-bond donors (Lipinski definition) is 2. The summed E-state index contributed by atoms with van der Waals surface area (Å²) < 4.78 is 1.73. The van der Waals surface area contributed by atoms with Crippen LogP contribution in [0.1, 0.15) is 36.3 Å². The van der Waals surface area contributed by atoms with E-state index < -0.39 is 6.10 Å².